The van der Waals surface area contributed by atoms with E-state index < -0.39 is 10.0 Å². The van der Waals surface area contributed by atoms with Gasteiger partial charge in [0.15, 0.2) is 0 Å². The van der Waals surface area contributed by atoms with Gasteiger partial charge in [0.2, 0.25) is 10.0 Å². The van der Waals surface area contributed by atoms with Crippen LogP contribution in [0.1, 0.15) is 13.8 Å². The highest BCUT2D eigenvalue weighted by Crippen LogP contribution is 2.29. The van der Waals surface area contributed by atoms with Crippen molar-refractivity contribution in [2.75, 3.05) is 19.6 Å². The number of nitrogens with one attached hydrogen (secondary N) is 1. The van der Waals surface area contributed by atoms with Crippen molar-refractivity contribution in [3.05, 3.63) is 28.2 Å². The Morgan fingerprint density at radius 1 is 1.32 bits per heavy atom. The van der Waals surface area contributed by atoms with Crippen molar-refractivity contribution in [2.24, 2.45) is 0 Å². The van der Waals surface area contributed by atoms with Gasteiger partial charge < -0.3 is 5.32 Å². The summed E-state index contributed by atoms with van der Waals surface area (Å²) in [4.78, 5) is 0.0689. The molecule has 1 fully saturated rings. The van der Waals surface area contributed by atoms with Gasteiger partial charge >= 0.3 is 0 Å². The summed E-state index contributed by atoms with van der Waals surface area (Å²) in [7, 11) is -3.61. The van der Waals surface area contributed by atoms with Gasteiger partial charge in [-0.15, -0.1) is 0 Å². The lowest BCUT2D eigenvalue weighted by Crippen LogP contribution is -2.58. The molecule has 0 aliphatic carbocycles. The smallest absolute Gasteiger partial charge is 0.244 e. The van der Waals surface area contributed by atoms with Crippen LogP contribution in [-0.2, 0) is 10.0 Å². The zero-order chi connectivity index (χ0) is 14.3. The highest BCUT2D eigenvalue weighted by molar-refractivity contribution is 7.89. The third-order valence-corrected chi connectivity index (χ3v) is 5.61. The molecule has 0 unspecified atom stereocenters. The lowest BCUT2D eigenvalue weighted by atomic mass is 10.0. The molecule has 106 valence electrons. The third kappa shape index (κ3) is 3.23. The molecule has 2 rings (SSSR count). The summed E-state index contributed by atoms with van der Waals surface area (Å²) in [5.74, 6) is 0. The molecule has 0 atom stereocenters. The fourth-order valence-corrected chi connectivity index (χ4v) is 4.45. The van der Waals surface area contributed by atoms with Crippen LogP contribution in [-0.4, -0.2) is 37.9 Å². The van der Waals surface area contributed by atoms with Gasteiger partial charge in [-0.25, -0.2) is 8.42 Å². The number of rotatable bonds is 2. The van der Waals surface area contributed by atoms with E-state index in [4.69, 9.17) is 23.2 Å². The standard InChI is InChI=1S/C12H16Cl2N2O2S/c1-12(2)8-16(6-5-15-12)19(17,18)11-7-9(13)3-4-10(11)14/h3-4,7,15H,5-6,8H2,1-2H3. The van der Waals surface area contributed by atoms with Gasteiger partial charge in [0.05, 0.1) is 5.02 Å². The predicted molar refractivity (Wildman–Crippen MR) is 77.3 cm³/mol. The highest BCUT2D eigenvalue weighted by Gasteiger charge is 2.34. The Hall–Kier alpha value is -0.330. The molecule has 1 saturated heterocycles. The molecule has 0 amide bonds. The second-order valence-electron chi connectivity index (χ2n) is 5.22. The molecule has 0 radical (unpaired) electrons. The number of hydrogen-bond acceptors (Lipinski definition) is 3. The molecular weight excluding hydrogens is 307 g/mol. The van der Waals surface area contributed by atoms with Crippen LogP contribution < -0.4 is 5.32 Å². The fraction of sp³-hybridized carbons (Fsp3) is 0.500. The number of piperazine rings is 1. The molecule has 0 bridgehead atoms. The number of nitrogens with zero attached hydrogens (tertiary/aromatic N) is 1. The van der Waals surface area contributed by atoms with Crippen LogP contribution in [0.15, 0.2) is 23.1 Å². The number of hydrogen-bond donors (Lipinski definition) is 1. The van der Waals surface area contributed by atoms with Crippen LogP contribution in [0.25, 0.3) is 0 Å². The average Bonchev–Trinajstić information content (AvgIpc) is 2.31. The van der Waals surface area contributed by atoms with Crippen LogP contribution in [0.3, 0.4) is 0 Å². The Bertz CT molecular complexity index is 587. The molecule has 19 heavy (non-hydrogen) atoms. The lowest BCUT2D eigenvalue weighted by Gasteiger charge is -2.38. The summed E-state index contributed by atoms with van der Waals surface area (Å²) in [5, 5.41) is 3.83. The molecule has 1 aromatic rings. The van der Waals surface area contributed by atoms with E-state index in [2.05, 4.69) is 5.32 Å². The summed E-state index contributed by atoms with van der Waals surface area (Å²) < 4.78 is 26.7. The minimum Gasteiger partial charge on any atom is -0.309 e. The first-order chi connectivity index (χ1) is 8.72. The largest absolute Gasteiger partial charge is 0.309 e. The first kappa shape index (κ1) is 15.1. The normalized spacial score (nSPS) is 20.4. The number of sulfonamides is 1. The monoisotopic (exact) mass is 322 g/mol. The second kappa shape index (κ2) is 5.22. The van der Waals surface area contributed by atoms with Crippen molar-refractivity contribution >= 4 is 33.2 Å². The number of halogens is 2. The van der Waals surface area contributed by atoms with E-state index in [1.165, 1.54) is 16.4 Å². The minimum atomic E-state index is -3.61. The predicted octanol–water partition coefficient (Wildman–Crippen LogP) is 2.37. The van der Waals surface area contributed by atoms with Gasteiger partial charge in [-0.05, 0) is 32.0 Å². The minimum absolute atomic E-state index is 0.0689. The first-order valence-electron chi connectivity index (χ1n) is 5.93. The van der Waals surface area contributed by atoms with E-state index in [1.54, 1.807) is 6.07 Å². The second-order valence-corrected chi connectivity index (χ2v) is 7.97. The van der Waals surface area contributed by atoms with Crippen molar-refractivity contribution in [2.45, 2.75) is 24.3 Å². The molecule has 1 aliphatic rings. The van der Waals surface area contributed by atoms with Crippen LogP contribution >= 0.6 is 23.2 Å². The average molecular weight is 323 g/mol. The van der Waals surface area contributed by atoms with E-state index in [-0.39, 0.29) is 15.5 Å². The van der Waals surface area contributed by atoms with Gasteiger partial charge in [-0.1, -0.05) is 23.2 Å². The molecule has 0 saturated carbocycles. The Labute approximate surface area is 123 Å². The Morgan fingerprint density at radius 2 is 2.00 bits per heavy atom. The SMILES string of the molecule is CC1(C)CN(S(=O)(=O)c2cc(Cl)ccc2Cl)CCN1. The maximum Gasteiger partial charge on any atom is 0.244 e. The van der Waals surface area contributed by atoms with Crippen molar-refractivity contribution < 1.29 is 8.42 Å². The summed E-state index contributed by atoms with van der Waals surface area (Å²) >= 11 is 11.9. The van der Waals surface area contributed by atoms with E-state index in [9.17, 15) is 8.42 Å². The fourth-order valence-electron chi connectivity index (χ4n) is 2.11. The van der Waals surface area contributed by atoms with Gasteiger partial charge in [0.25, 0.3) is 0 Å². The van der Waals surface area contributed by atoms with Crippen molar-refractivity contribution in [3.8, 4) is 0 Å². The van der Waals surface area contributed by atoms with Crippen LogP contribution in [0.2, 0.25) is 10.0 Å². The molecule has 1 aliphatic heterocycles. The molecule has 1 aromatic carbocycles. The van der Waals surface area contributed by atoms with Crippen molar-refractivity contribution in [3.63, 3.8) is 0 Å². The Morgan fingerprint density at radius 3 is 2.63 bits per heavy atom. The molecule has 1 N–H and O–H groups in total. The molecule has 0 spiro atoms. The molecular formula is C12H16Cl2N2O2S. The zero-order valence-corrected chi connectivity index (χ0v) is 13.1. The van der Waals surface area contributed by atoms with Crippen molar-refractivity contribution in [1.82, 2.24) is 9.62 Å². The zero-order valence-electron chi connectivity index (χ0n) is 10.8. The van der Waals surface area contributed by atoms with E-state index in [0.717, 1.165) is 0 Å². The topological polar surface area (TPSA) is 49.4 Å². The van der Waals surface area contributed by atoms with Gasteiger partial charge in [-0.3, -0.25) is 0 Å². The Balaban J connectivity index is 2.39. The molecule has 1 heterocycles. The maximum atomic E-state index is 12.6. The Kier molecular flexibility index (Phi) is 4.14. The van der Waals surface area contributed by atoms with Crippen LogP contribution in [0.4, 0.5) is 0 Å². The van der Waals surface area contributed by atoms with Crippen molar-refractivity contribution in [1.29, 1.82) is 0 Å². The number of benzene rings is 1. The molecule has 7 heteroatoms. The van der Waals surface area contributed by atoms with E-state index >= 15 is 0 Å². The van der Waals surface area contributed by atoms with Gasteiger partial charge in [0.1, 0.15) is 4.90 Å². The quantitative estimate of drug-likeness (QED) is 0.909. The third-order valence-electron chi connectivity index (χ3n) is 3.05. The summed E-state index contributed by atoms with van der Waals surface area (Å²) in [5.41, 5.74) is -0.254. The van der Waals surface area contributed by atoms with E-state index in [1.807, 2.05) is 13.8 Å². The molecule has 4 nitrogen and oxygen atoms in total. The summed E-state index contributed by atoms with van der Waals surface area (Å²) in [6.07, 6.45) is 0. The highest BCUT2D eigenvalue weighted by atomic mass is 35.5. The van der Waals surface area contributed by atoms with Crippen LogP contribution in [0, 0.1) is 0 Å². The summed E-state index contributed by atoms with van der Waals surface area (Å²) in [6.45, 7) is 5.37. The first-order valence-corrected chi connectivity index (χ1v) is 8.12. The maximum absolute atomic E-state index is 12.6. The molecule has 0 aromatic heterocycles. The summed E-state index contributed by atoms with van der Waals surface area (Å²) in [6, 6.07) is 4.48. The van der Waals surface area contributed by atoms with Crippen LogP contribution in [0.5, 0.6) is 0 Å². The van der Waals surface area contributed by atoms with E-state index in [0.29, 0.717) is 24.7 Å². The van der Waals surface area contributed by atoms with Gasteiger partial charge in [0, 0.05) is 30.2 Å². The van der Waals surface area contributed by atoms with Gasteiger partial charge in [-0.2, -0.15) is 4.31 Å². The lowest BCUT2D eigenvalue weighted by molar-refractivity contribution is 0.233.